The van der Waals surface area contributed by atoms with Crippen molar-refractivity contribution < 1.29 is 9.90 Å². The van der Waals surface area contributed by atoms with E-state index in [1.807, 2.05) is 60.7 Å². The molecule has 0 bridgehead atoms. The second-order valence-corrected chi connectivity index (χ2v) is 6.71. The number of rotatable bonds is 3. The molecular formula is C22H15BrN2O2. The lowest BCUT2D eigenvalue weighted by molar-refractivity contribution is 0.0959. The highest BCUT2D eigenvalue weighted by atomic mass is 79.9. The number of benzene rings is 3. The summed E-state index contributed by atoms with van der Waals surface area (Å²) in [5, 5.41) is 9.51. The molecule has 0 atom stereocenters. The number of aromatic hydroxyl groups is 1. The topological polar surface area (TPSA) is 55.1 Å². The summed E-state index contributed by atoms with van der Waals surface area (Å²) < 4.78 is 1.99. The van der Waals surface area contributed by atoms with Gasteiger partial charge >= 0.3 is 0 Å². The van der Waals surface area contributed by atoms with Crippen molar-refractivity contribution >= 4 is 21.8 Å². The third kappa shape index (κ3) is 3.29. The van der Waals surface area contributed by atoms with Gasteiger partial charge in [-0.2, -0.15) is 0 Å². The molecule has 0 aliphatic heterocycles. The predicted octanol–water partition coefficient (Wildman–Crippen LogP) is 5.37. The summed E-state index contributed by atoms with van der Waals surface area (Å²) in [7, 11) is 0. The van der Waals surface area contributed by atoms with Crippen molar-refractivity contribution in [1.29, 1.82) is 0 Å². The summed E-state index contributed by atoms with van der Waals surface area (Å²) in [6, 6.07) is 25.7. The number of carbonyl (C=O) groups excluding carboxylic acids is 1. The molecule has 4 rings (SSSR count). The molecule has 27 heavy (non-hydrogen) atoms. The molecule has 0 saturated heterocycles. The maximum Gasteiger partial charge on any atom is 0.264 e. The van der Waals surface area contributed by atoms with Crippen LogP contribution in [0.25, 0.3) is 22.5 Å². The van der Waals surface area contributed by atoms with Crippen LogP contribution in [-0.4, -0.2) is 20.6 Å². The van der Waals surface area contributed by atoms with Crippen LogP contribution in [0, 0.1) is 0 Å². The molecule has 4 aromatic rings. The Kier molecular flexibility index (Phi) is 4.60. The normalized spacial score (nSPS) is 10.7. The number of phenols is 1. The van der Waals surface area contributed by atoms with Crippen molar-refractivity contribution in [3.8, 4) is 28.3 Å². The summed E-state index contributed by atoms with van der Waals surface area (Å²) in [5.41, 5.74) is 3.71. The van der Waals surface area contributed by atoms with E-state index in [2.05, 4.69) is 20.9 Å². The first-order valence-corrected chi connectivity index (χ1v) is 9.17. The summed E-state index contributed by atoms with van der Waals surface area (Å²) in [5.74, 6) is -0.111. The molecule has 4 nitrogen and oxygen atoms in total. The van der Waals surface area contributed by atoms with E-state index in [1.54, 1.807) is 16.7 Å². The number of halogens is 1. The van der Waals surface area contributed by atoms with E-state index in [0.717, 1.165) is 16.8 Å². The van der Waals surface area contributed by atoms with Crippen molar-refractivity contribution in [3.63, 3.8) is 0 Å². The molecule has 0 unspecified atom stereocenters. The SMILES string of the molecule is O=C(c1ccc(O)cc1)n1c(Br)nc(-c2ccccc2)c1-c1ccccc1. The quantitative estimate of drug-likeness (QED) is 0.486. The van der Waals surface area contributed by atoms with Crippen LogP contribution in [0.4, 0.5) is 0 Å². The zero-order valence-corrected chi connectivity index (χ0v) is 15.8. The van der Waals surface area contributed by atoms with Gasteiger partial charge in [0.15, 0.2) is 4.73 Å². The summed E-state index contributed by atoms with van der Waals surface area (Å²) in [6.07, 6.45) is 0. The minimum Gasteiger partial charge on any atom is -0.508 e. The zero-order valence-electron chi connectivity index (χ0n) is 14.2. The van der Waals surface area contributed by atoms with Crippen molar-refractivity contribution in [2.75, 3.05) is 0 Å². The van der Waals surface area contributed by atoms with Gasteiger partial charge in [-0.1, -0.05) is 60.7 Å². The summed E-state index contributed by atoms with van der Waals surface area (Å²) in [4.78, 5) is 17.9. The fourth-order valence-electron chi connectivity index (χ4n) is 2.97. The Morgan fingerprint density at radius 3 is 1.96 bits per heavy atom. The first kappa shape index (κ1) is 17.2. The van der Waals surface area contributed by atoms with Gasteiger partial charge in [-0.15, -0.1) is 0 Å². The summed E-state index contributed by atoms with van der Waals surface area (Å²) in [6.45, 7) is 0. The molecule has 0 fully saturated rings. The lowest BCUT2D eigenvalue weighted by Gasteiger charge is -2.10. The molecule has 0 amide bonds. The van der Waals surface area contributed by atoms with E-state index in [9.17, 15) is 9.90 Å². The number of nitrogens with zero attached hydrogens (tertiary/aromatic N) is 2. The maximum absolute atomic E-state index is 13.2. The zero-order chi connectivity index (χ0) is 18.8. The van der Waals surface area contributed by atoms with Gasteiger partial charge in [-0.25, -0.2) is 4.98 Å². The molecule has 1 N–H and O–H groups in total. The molecule has 0 aliphatic carbocycles. The fraction of sp³-hybridized carbons (Fsp3) is 0. The third-order valence-electron chi connectivity index (χ3n) is 4.25. The monoisotopic (exact) mass is 418 g/mol. The predicted molar refractivity (Wildman–Crippen MR) is 109 cm³/mol. The number of aromatic nitrogens is 2. The van der Waals surface area contributed by atoms with Crippen molar-refractivity contribution in [2.45, 2.75) is 0 Å². The Balaban J connectivity index is 1.95. The van der Waals surface area contributed by atoms with Crippen LogP contribution < -0.4 is 0 Å². The van der Waals surface area contributed by atoms with E-state index in [-0.39, 0.29) is 11.7 Å². The molecule has 0 saturated carbocycles. The van der Waals surface area contributed by atoms with Crippen molar-refractivity contribution in [2.24, 2.45) is 0 Å². The van der Waals surface area contributed by atoms with Gasteiger partial charge < -0.3 is 5.11 Å². The van der Waals surface area contributed by atoms with Gasteiger partial charge in [0.05, 0.1) is 11.4 Å². The van der Waals surface area contributed by atoms with Crippen LogP contribution in [0.1, 0.15) is 10.4 Å². The number of hydrogen-bond acceptors (Lipinski definition) is 3. The number of phenolic OH excluding ortho intramolecular Hbond substituents is 1. The Bertz CT molecular complexity index is 1090. The molecule has 5 heteroatoms. The van der Waals surface area contributed by atoms with Gasteiger partial charge in [-0.3, -0.25) is 9.36 Å². The number of carbonyl (C=O) groups is 1. The van der Waals surface area contributed by atoms with E-state index < -0.39 is 0 Å². The Morgan fingerprint density at radius 1 is 0.815 bits per heavy atom. The summed E-state index contributed by atoms with van der Waals surface area (Å²) >= 11 is 3.46. The molecule has 3 aromatic carbocycles. The smallest absolute Gasteiger partial charge is 0.264 e. The van der Waals surface area contributed by atoms with E-state index in [0.29, 0.717) is 16.0 Å². The highest BCUT2D eigenvalue weighted by molar-refractivity contribution is 9.10. The molecule has 1 aromatic heterocycles. The molecule has 0 radical (unpaired) electrons. The largest absolute Gasteiger partial charge is 0.508 e. The fourth-order valence-corrected chi connectivity index (χ4v) is 3.49. The van der Waals surface area contributed by atoms with Crippen LogP contribution in [0.3, 0.4) is 0 Å². The molecule has 0 aliphatic rings. The van der Waals surface area contributed by atoms with Crippen molar-refractivity contribution in [3.05, 3.63) is 95.2 Å². The molecular weight excluding hydrogens is 404 g/mol. The van der Waals surface area contributed by atoms with Crippen LogP contribution in [0.2, 0.25) is 0 Å². The maximum atomic E-state index is 13.2. The third-order valence-corrected chi connectivity index (χ3v) is 4.78. The molecule has 1 heterocycles. The average Bonchev–Trinajstić information content (AvgIpc) is 3.06. The lowest BCUT2D eigenvalue weighted by atomic mass is 10.0. The van der Waals surface area contributed by atoms with Crippen LogP contribution >= 0.6 is 15.9 Å². The van der Waals surface area contributed by atoms with Crippen LogP contribution in [0.15, 0.2) is 89.7 Å². The van der Waals surface area contributed by atoms with E-state index >= 15 is 0 Å². The molecule has 0 spiro atoms. The number of imidazole rings is 1. The van der Waals surface area contributed by atoms with Gasteiger partial charge in [0, 0.05) is 16.7 Å². The second kappa shape index (κ2) is 7.21. The lowest BCUT2D eigenvalue weighted by Crippen LogP contribution is -2.13. The number of hydrogen-bond donors (Lipinski definition) is 1. The van der Waals surface area contributed by atoms with Gasteiger partial charge in [0.25, 0.3) is 5.91 Å². The van der Waals surface area contributed by atoms with Crippen LogP contribution in [-0.2, 0) is 0 Å². The standard InChI is InChI=1S/C22H15BrN2O2/c23-22-24-19(15-7-3-1-4-8-15)20(16-9-5-2-6-10-16)25(22)21(27)17-11-13-18(26)14-12-17/h1-14,26H. The highest BCUT2D eigenvalue weighted by Crippen LogP contribution is 2.35. The van der Waals surface area contributed by atoms with E-state index in [1.165, 1.54) is 12.1 Å². The minimum atomic E-state index is -0.226. The second-order valence-electron chi connectivity index (χ2n) is 6.00. The van der Waals surface area contributed by atoms with Gasteiger partial charge in [0.2, 0.25) is 0 Å². The minimum absolute atomic E-state index is 0.115. The average molecular weight is 419 g/mol. The van der Waals surface area contributed by atoms with Gasteiger partial charge in [0.1, 0.15) is 5.75 Å². The first-order valence-electron chi connectivity index (χ1n) is 8.38. The Morgan fingerprint density at radius 2 is 1.37 bits per heavy atom. The Hall–Kier alpha value is -3.18. The first-order chi connectivity index (χ1) is 13.1. The van der Waals surface area contributed by atoms with Crippen LogP contribution in [0.5, 0.6) is 5.75 Å². The Labute approximate surface area is 164 Å². The molecule has 132 valence electrons. The van der Waals surface area contributed by atoms with Gasteiger partial charge in [-0.05, 0) is 40.2 Å². The van der Waals surface area contributed by atoms with Crippen molar-refractivity contribution in [1.82, 2.24) is 9.55 Å². The van der Waals surface area contributed by atoms with E-state index in [4.69, 9.17) is 0 Å². The highest BCUT2D eigenvalue weighted by Gasteiger charge is 2.23.